The molecular weight excluding hydrogens is 460 g/mol. The Hall–Kier alpha value is -3.86. The summed E-state index contributed by atoms with van der Waals surface area (Å²) >= 11 is 0. The second-order valence-corrected chi connectivity index (χ2v) is 9.79. The third kappa shape index (κ3) is 11.6. The van der Waals surface area contributed by atoms with Crippen LogP contribution in [0.5, 0.6) is 0 Å². The summed E-state index contributed by atoms with van der Waals surface area (Å²) in [4.78, 5) is 23.3. The van der Waals surface area contributed by atoms with Crippen LogP contribution in [-0.2, 0) is 9.53 Å². The molecule has 3 aromatic rings. The number of hydrogen-bond donors (Lipinski definition) is 2. The molecule has 0 aliphatic carbocycles. The maximum absolute atomic E-state index is 12.3. The number of carbonyl (C=O) groups excluding carboxylic acids is 2. The zero-order valence-electron chi connectivity index (χ0n) is 23.6. The van der Waals surface area contributed by atoms with Gasteiger partial charge in [0.2, 0.25) is 5.91 Å². The number of rotatable bonds is 5. The quantitative estimate of drug-likeness (QED) is 0.271. The minimum Gasteiger partial charge on any atom is -0.501 e. The molecule has 0 unspecified atom stereocenters. The summed E-state index contributed by atoms with van der Waals surface area (Å²) in [5.74, 6) is 0.686. The predicted octanol–water partition coefficient (Wildman–Crippen LogP) is 8.61. The molecule has 0 atom stereocenters. The van der Waals surface area contributed by atoms with E-state index in [9.17, 15) is 9.59 Å². The molecule has 3 rings (SSSR count). The van der Waals surface area contributed by atoms with Crippen LogP contribution in [-0.4, -0.2) is 18.9 Å². The molecule has 0 saturated carbocycles. The van der Waals surface area contributed by atoms with E-state index >= 15 is 0 Å². The summed E-state index contributed by atoms with van der Waals surface area (Å²) in [6, 6.07) is 20.5. The minimum absolute atomic E-state index is 0.0771. The fourth-order valence-electron chi connectivity index (χ4n) is 3.18. The summed E-state index contributed by atoms with van der Waals surface area (Å²) in [5, 5.41) is 7.67. The summed E-state index contributed by atoms with van der Waals surface area (Å²) in [6.45, 7) is 17.8. The Labute approximate surface area is 222 Å². The van der Waals surface area contributed by atoms with Crippen molar-refractivity contribution in [1.29, 1.82) is 0 Å². The van der Waals surface area contributed by atoms with Gasteiger partial charge in [0, 0.05) is 29.3 Å². The molecule has 2 N–H and O–H groups in total. The fourth-order valence-corrected chi connectivity index (χ4v) is 3.18. The number of amides is 2. The number of nitrogens with one attached hydrogen (secondary N) is 2. The number of ether oxygens (including phenoxy) is 1. The lowest BCUT2D eigenvalue weighted by Gasteiger charge is -2.21. The van der Waals surface area contributed by atoms with Crippen molar-refractivity contribution in [3.05, 3.63) is 96.3 Å². The molecule has 5 nitrogen and oxygen atoms in total. The average Bonchev–Trinajstić information content (AvgIpc) is 2.83. The van der Waals surface area contributed by atoms with Gasteiger partial charge in [-0.25, -0.2) is 0 Å². The van der Waals surface area contributed by atoms with Crippen LogP contribution in [0.1, 0.15) is 65.2 Å². The Kier molecular flexibility index (Phi) is 12.9. The highest BCUT2D eigenvalue weighted by Gasteiger charge is 2.17. The Morgan fingerprint density at radius 3 is 1.81 bits per heavy atom. The molecule has 0 bridgehead atoms. The lowest BCUT2D eigenvalue weighted by molar-refractivity contribution is -0.114. The molecule has 5 heteroatoms. The first kappa shape index (κ1) is 31.2. The Morgan fingerprint density at radius 2 is 1.38 bits per heavy atom. The molecule has 0 heterocycles. The SMILES string of the molecule is C=C(C)/C=C(\OC)C(C)(C)C.CC(=O)Nc1ccc(NC(=O)c2ccc3ccccc3c2)cc1.CCC. The molecule has 0 aliphatic rings. The van der Waals surface area contributed by atoms with Crippen LogP contribution in [0.25, 0.3) is 10.8 Å². The lowest BCUT2D eigenvalue weighted by Crippen LogP contribution is -2.12. The minimum atomic E-state index is -0.164. The van der Waals surface area contributed by atoms with Gasteiger partial charge in [0.25, 0.3) is 5.91 Å². The van der Waals surface area contributed by atoms with Gasteiger partial charge >= 0.3 is 0 Å². The summed E-state index contributed by atoms with van der Waals surface area (Å²) < 4.78 is 5.23. The van der Waals surface area contributed by atoms with E-state index in [4.69, 9.17) is 4.74 Å². The van der Waals surface area contributed by atoms with Crippen LogP contribution in [0.2, 0.25) is 0 Å². The van der Waals surface area contributed by atoms with Gasteiger partial charge in [-0.3, -0.25) is 9.59 Å². The third-order valence-corrected chi connectivity index (χ3v) is 4.81. The first-order chi connectivity index (χ1) is 17.4. The van der Waals surface area contributed by atoms with Crippen molar-refractivity contribution in [2.45, 2.75) is 54.9 Å². The van der Waals surface area contributed by atoms with Crippen molar-refractivity contribution in [3.8, 4) is 0 Å². The Balaban J connectivity index is 0.000000412. The van der Waals surface area contributed by atoms with Gasteiger partial charge in [-0.2, -0.15) is 0 Å². The third-order valence-electron chi connectivity index (χ3n) is 4.81. The van der Waals surface area contributed by atoms with E-state index in [0.717, 1.165) is 22.1 Å². The van der Waals surface area contributed by atoms with Crippen molar-refractivity contribution in [1.82, 2.24) is 0 Å². The van der Waals surface area contributed by atoms with E-state index in [0.29, 0.717) is 16.9 Å². The highest BCUT2D eigenvalue weighted by Crippen LogP contribution is 2.26. The average molecular weight is 503 g/mol. The van der Waals surface area contributed by atoms with Crippen LogP contribution in [0, 0.1) is 5.41 Å². The van der Waals surface area contributed by atoms with Gasteiger partial charge in [-0.05, 0) is 60.2 Å². The number of anilines is 2. The second kappa shape index (κ2) is 15.3. The topological polar surface area (TPSA) is 67.4 Å². The summed E-state index contributed by atoms with van der Waals surface area (Å²) in [7, 11) is 1.69. The van der Waals surface area contributed by atoms with Crippen LogP contribution < -0.4 is 10.6 Å². The molecule has 0 fully saturated rings. The van der Waals surface area contributed by atoms with Crippen LogP contribution in [0.3, 0.4) is 0 Å². The number of hydrogen-bond acceptors (Lipinski definition) is 3. The van der Waals surface area contributed by atoms with E-state index in [1.165, 1.54) is 13.3 Å². The molecule has 0 saturated heterocycles. The second-order valence-electron chi connectivity index (χ2n) is 9.79. The van der Waals surface area contributed by atoms with Crippen molar-refractivity contribution < 1.29 is 14.3 Å². The van der Waals surface area contributed by atoms with E-state index in [-0.39, 0.29) is 17.2 Å². The molecular formula is C32H42N2O3. The molecule has 0 spiro atoms. The largest absolute Gasteiger partial charge is 0.501 e. The van der Waals surface area contributed by atoms with E-state index in [1.54, 1.807) is 31.4 Å². The summed E-state index contributed by atoms with van der Waals surface area (Å²) in [6.07, 6.45) is 3.22. The lowest BCUT2D eigenvalue weighted by atomic mass is 9.93. The standard InChI is InChI=1S/C19H16N2O2.C10H18O.C3H8/c1-13(22)20-17-8-10-18(11-9-17)21-19(23)16-7-6-14-4-2-3-5-15(14)12-16;1-8(2)7-9(11-6)10(3,4)5;1-3-2/h2-12H,1H3,(H,20,22)(H,21,23);7H,1H2,2-6H3;3H2,1-2H3/b;9-7-;. The normalized spacial score (nSPS) is 10.8. The molecule has 2 amide bonds. The van der Waals surface area contributed by atoms with Crippen molar-refractivity contribution >= 4 is 34.0 Å². The molecule has 198 valence electrons. The number of allylic oxidation sites excluding steroid dienone is 3. The highest BCUT2D eigenvalue weighted by molar-refractivity contribution is 6.06. The zero-order valence-corrected chi connectivity index (χ0v) is 23.6. The van der Waals surface area contributed by atoms with Crippen LogP contribution >= 0.6 is 0 Å². The van der Waals surface area contributed by atoms with Gasteiger partial charge in [0.05, 0.1) is 7.11 Å². The van der Waals surface area contributed by atoms with Gasteiger partial charge in [0.1, 0.15) is 5.76 Å². The van der Waals surface area contributed by atoms with E-state index in [1.807, 2.05) is 55.5 Å². The van der Waals surface area contributed by atoms with E-state index in [2.05, 4.69) is 51.8 Å². The Bertz CT molecular complexity index is 1200. The maximum atomic E-state index is 12.3. The van der Waals surface area contributed by atoms with Crippen molar-refractivity contribution in [3.63, 3.8) is 0 Å². The van der Waals surface area contributed by atoms with Gasteiger partial charge in [-0.15, -0.1) is 0 Å². The molecule has 37 heavy (non-hydrogen) atoms. The first-order valence-electron chi connectivity index (χ1n) is 12.5. The number of carbonyl (C=O) groups is 2. The summed E-state index contributed by atoms with van der Waals surface area (Å²) in [5.41, 5.74) is 3.08. The number of benzene rings is 3. The van der Waals surface area contributed by atoms with Crippen LogP contribution in [0.4, 0.5) is 11.4 Å². The first-order valence-corrected chi connectivity index (χ1v) is 12.5. The highest BCUT2D eigenvalue weighted by atomic mass is 16.5. The molecule has 0 aliphatic heterocycles. The zero-order chi connectivity index (χ0) is 28.0. The van der Waals surface area contributed by atoms with Gasteiger partial charge < -0.3 is 15.4 Å². The van der Waals surface area contributed by atoms with E-state index < -0.39 is 0 Å². The maximum Gasteiger partial charge on any atom is 0.255 e. The van der Waals surface area contributed by atoms with Crippen molar-refractivity contribution in [2.75, 3.05) is 17.7 Å². The molecule has 0 radical (unpaired) electrons. The fraction of sp³-hybridized carbons (Fsp3) is 0.312. The van der Waals surface area contributed by atoms with Crippen LogP contribution in [0.15, 0.2) is 90.7 Å². The van der Waals surface area contributed by atoms with Crippen molar-refractivity contribution in [2.24, 2.45) is 5.41 Å². The van der Waals surface area contributed by atoms with Gasteiger partial charge in [-0.1, -0.05) is 83.5 Å². The number of fused-ring (bicyclic) bond motifs is 1. The predicted molar refractivity (Wildman–Crippen MR) is 158 cm³/mol. The molecule has 0 aromatic heterocycles. The molecule has 3 aromatic carbocycles. The van der Waals surface area contributed by atoms with Gasteiger partial charge in [0.15, 0.2) is 0 Å². The Morgan fingerprint density at radius 1 is 0.865 bits per heavy atom. The monoisotopic (exact) mass is 502 g/mol. The number of methoxy groups -OCH3 is 1. The smallest absolute Gasteiger partial charge is 0.255 e.